The number of rotatable bonds is 3. The van der Waals surface area contributed by atoms with E-state index in [0.29, 0.717) is 11.2 Å². The highest BCUT2D eigenvalue weighted by atomic mass is 32.2. The molecule has 6 heteroatoms. The number of thioether (sulfide) groups is 1. The molecule has 5 nitrogen and oxygen atoms in total. The van der Waals surface area contributed by atoms with Crippen molar-refractivity contribution >= 4 is 28.9 Å². The van der Waals surface area contributed by atoms with Crippen molar-refractivity contribution in [3.63, 3.8) is 0 Å². The van der Waals surface area contributed by atoms with E-state index in [2.05, 4.69) is 32.2 Å². The van der Waals surface area contributed by atoms with E-state index in [1.807, 2.05) is 18.8 Å². The normalized spacial score (nSPS) is 23.7. The molecule has 102 valence electrons. The number of nitrogens with zero attached hydrogens (tertiary/aromatic N) is 3. The van der Waals surface area contributed by atoms with E-state index in [-0.39, 0.29) is 0 Å². The molecule has 0 bridgehead atoms. The molecule has 19 heavy (non-hydrogen) atoms. The van der Waals surface area contributed by atoms with E-state index in [4.69, 9.17) is 0 Å². The first-order chi connectivity index (χ1) is 9.26. The summed E-state index contributed by atoms with van der Waals surface area (Å²) in [6.07, 6.45) is 6.94. The predicted molar refractivity (Wildman–Crippen MR) is 78.5 cm³/mol. The van der Waals surface area contributed by atoms with Crippen LogP contribution in [-0.2, 0) is 0 Å². The topological polar surface area (TPSA) is 66.5 Å². The predicted octanol–water partition coefficient (Wildman–Crippen LogP) is 3.07. The summed E-state index contributed by atoms with van der Waals surface area (Å²) in [6.45, 7) is 2.34. The van der Waals surface area contributed by atoms with E-state index in [1.54, 1.807) is 6.33 Å². The third-order valence-electron chi connectivity index (χ3n) is 3.64. The summed E-state index contributed by atoms with van der Waals surface area (Å²) in [6, 6.07) is 0. The molecular weight excluding hydrogens is 258 g/mol. The van der Waals surface area contributed by atoms with Crippen molar-refractivity contribution in [1.29, 1.82) is 0 Å². The summed E-state index contributed by atoms with van der Waals surface area (Å²) >= 11 is 1.87. The Bertz CT molecular complexity index is 567. The monoisotopic (exact) mass is 277 g/mol. The zero-order chi connectivity index (χ0) is 13.2. The number of aromatic amines is 1. The highest BCUT2D eigenvalue weighted by Gasteiger charge is 2.22. The van der Waals surface area contributed by atoms with Crippen LogP contribution in [0.2, 0.25) is 0 Å². The van der Waals surface area contributed by atoms with Gasteiger partial charge in [0.1, 0.15) is 10.5 Å². The van der Waals surface area contributed by atoms with Gasteiger partial charge in [-0.15, -0.1) is 11.8 Å². The Hall–Kier alpha value is -1.30. The smallest absolute Gasteiger partial charge is 0.225 e. The Morgan fingerprint density at radius 3 is 3.05 bits per heavy atom. The van der Waals surface area contributed by atoms with Crippen LogP contribution in [0.4, 0.5) is 5.95 Å². The summed E-state index contributed by atoms with van der Waals surface area (Å²) in [4.78, 5) is 16.3. The summed E-state index contributed by atoms with van der Waals surface area (Å²) in [5, 5.41) is 4.69. The number of nitrogens with one attached hydrogen (secondary N) is 2. The standard InChI is InChI=1S/C13H19N5S/c1-8-4-3-5-9(6-8)19-12-10-11(16-7-15-10)17-13(14-2)18-12/h7-9H,3-6H2,1-2H3,(H2,14,15,16,17,18). The SMILES string of the molecule is CNc1nc(SC2CCCC(C)C2)c2[nH]cnc2n1. The van der Waals surface area contributed by atoms with Gasteiger partial charge in [-0.1, -0.05) is 19.8 Å². The Kier molecular flexibility index (Phi) is 3.59. The molecule has 1 aliphatic carbocycles. The molecular formula is C13H19N5S. The van der Waals surface area contributed by atoms with Crippen LogP contribution in [0.3, 0.4) is 0 Å². The molecule has 2 aromatic rings. The van der Waals surface area contributed by atoms with Gasteiger partial charge in [-0.25, -0.2) is 9.97 Å². The molecule has 0 aromatic carbocycles. The van der Waals surface area contributed by atoms with Crippen molar-refractivity contribution in [1.82, 2.24) is 19.9 Å². The van der Waals surface area contributed by atoms with Gasteiger partial charge in [0, 0.05) is 12.3 Å². The molecule has 0 radical (unpaired) electrons. The molecule has 0 spiro atoms. The van der Waals surface area contributed by atoms with Crippen molar-refractivity contribution in [2.75, 3.05) is 12.4 Å². The van der Waals surface area contributed by atoms with Gasteiger partial charge in [0.15, 0.2) is 5.65 Å². The Morgan fingerprint density at radius 2 is 2.26 bits per heavy atom. The minimum atomic E-state index is 0.644. The summed E-state index contributed by atoms with van der Waals surface area (Å²) in [5.41, 5.74) is 1.70. The van der Waals surface area contributed by atoms with E-state index in [0.717, 1.165) is 22.1 Å². The largest absolute Gasteiger partial charge is 0.357 e. The quantitative estimate of drug-likeness (QED) is 0.844. The van der Waals surface area contributed by atoms with Crippen LogP contribution in [0.5, 0.6) is 0 Å². The minimum Gasteiger partial charge on any atom is -0.357 e. The Balaban J connectivity index is 1.88. The first-order valence-corrected chi connectivity index (χ1v) is 7.69. The molecule has 2 aromatic heterocycles. The second kappa shape index (κ2) is 5.36. The number of imidazole rings is 1. The van der Waals surface area contributed by atoms with E-state index in [1.165, 1.54) is 25.7 Å². The van der Waals surface area contributed by atoms with E-state index >= 15 is 0 Å². The second-order valence-corrected chi connectivity index (χ2v) is 6.50. The summed E-state index contributed by atoms with van der Waals surface area (Å²) in [7, 11) is 1.84. The van der Waals surface area contributed by atoms with Gasteiger partial charge >= 0.3 is 0 Å². The lowest BCUT2D eigenvalue weighted by molar-refractivity contribution is 0.394. The minimum absolute atomic E-state index is 0.644. The van der Waals surface area contributed by atoms with Crippen LogP contribution in [0.15, 0.2) is 11.4 Å². The molecule has 1 fully saturated rings. The molecule has 2 unspecified atom stereocenters. The van der Waals surface area contributed by atoms with E-state index in [9.17, 15) is 0 Å². The molecule has 1 saturated carbocycles. The fourth-order valence-electron chi connectivity index (χ4n) is 2.65. The average molecular weight is 277 g/mol. The maximum absolute atomic E-state index is 4.58. The van der Waals surface area contributed by atoms with Gasteiger partial charge in [0.2, 0.25) is 5.95 Å². The number of hydrogen-bond donors (Lipinski definition) is 2. The summed E-state index contributed by atoms with van der Waals surface area (Å²) < 4.78 is 0. The molecule has 2 N–H and O–H groups in total. The fourth-order valence-corrected chi connectivity index (χ4v) is 4.08. The van der Waals surface area contributed by atoms with Gasteiger partial charge < -0.3 is 10.3 Å². The lowest BCUT2D eigenvalue weighted by Gasteiger charge is -2.25. The van der Waals surface area contributed by atoms with Crippen molar-refractivity contribution in [3.8, 4) is 0 Å². The molecule has 2 heterocycles. The third-order valence-corrected chi connectivity index (χ3v) is 4.92. The van der Waals surface area contributed by atoms with Crippen LogP contribution in [-0.4, -0.2) is 32.2 Å². The first kappa shape index (κ1) is 12.7. The summed E-state index contributed by atoms with van der Waals surface area (Å²) in [5.74, 6) is 1.47. The molecule has 2 atom stereocenters. The Labute approximate surface area is 117 Å². The number of anilines is 1. The maximum atomic E-state index is 4.58. The van der Waals surface area contributed by atoms with Crippen LogP contribution >= 0.6 is 11.8 Å². The lowest BCUT2D eigenvalue weighted by Crippen LogP contribution is -2.15. The number of fused-ring (bicyclic) bond motifs is 1. The zero-order valence-corrected chi connectivity index (χ0v) is 12.1. The van der Waals surface area contributed by atoms with Gasteiger partial charge in [-0.2, -0.15) is 4.98 Å². The number of hydrogen-bond acceptors (Lipinski definition) is 5. The van der Waals surface area contributed by atoms with Crippen molar-refractivity contribution in [2.45, 2.75) is 42.9 Å². The molecule has 3 rings (SSSR count). The second-order valence-electron chi connectivity index (χ2n) is 5.22. The van der Waals surface area contributed by atoms with Crippen molar-refractivity contribution in [3.05, 3.63) is 6.33 Å². The van der Waals surface area contributed by atoms with Crippen LogP contribution in [0, 0.1) is 5.92 Å². The van der Waals surface area contributed by atoms with Crippen LogP contribution in [0.25, 0.3) is 11.2 Å². The number of H-pyrrole nitrogens is 1. The number of aromatic nitrogens is 4. The maximum Gasteiger partial charge on any atom is 0.225 e. The lowest BCUT2D eigenvalue weighted by atomic mass is 9.91. The van der Waals surface area contributed by atoms with Gasteiger partial charge in [-0.05, 0) is 18.8 Å². The Morgan fingerprint density at radius 1 is 1.37 bits per heavy atom. The highest BCUT2D eigenvalue weighted by Crippen LogP contribution is 2.37. The third kappa shape index (κ3) is 2.68. The fraction of sp³-hybridized carbons (Fsp3) is 0.615. The molecule has 0 amide bonds. The van der Waals surface area contributed by atoms with E-state index < -0.39 is 0 Å². The first-order valence-electron chi connectivity index (χ1n) is 6.82. The van der Waals surface area contributed by atoms with Gasteiger partial charge in [0.25, 0.3) is 0 Å². The van der Waals surface area contributed by atoms with Gasteiger partial charge in [0.05, 0.1) is 6.33 Å². The highest BCUT2D eigenvalue weighted by molar-refractivity contribution is 8.00. The van der Waals surface area contributed by atoms with Crippen molar-refractivity contribution < 1.29 is 0 Å². The molecule has 0 saturated heterocycles. The van der Waals surface area contributed by atoms with Crippen LogP contribution in [0.1, 0.15) is 32.6 Å². The van der Waals surface area contributed by atoms with Crippen molar-refractivity contribution in [2.24, 2.45) is 5.92 Å². The van der Waals surface area contributed by atoms with Gasteiger partial charge in [-0.3, -0.25) is 0 Å². The zero-order valence-electron chi connectivity index (χ0n) is 11.3. The van der Waals surface area contributed by atoms with Crippen LogP contribution < -0.4 is 5.32 Å². The molecule has 0 aliphatic heterocycles. The molecule has 1 aliphatic rings. The average Bonchev–Trinajstić information content (AvgIpc) is 2.87.